The summed E-state index contributed by atoms with van der Waals surface area (Å²) in [6, 6.07) is -0.692. The minimum Gasteiger partial charge on any atom is -0.481 e. The van der Waals surface area contributed by atoms with Gasteiger partial charge in [-0.05, 0) is 92.2 Å². The van der Waals surface area contributed by atoms with E-state index in [0.717, 1.165) is 44.3 Å². The number of aromatic amines is 1. The molecule has 5 rings (SSSR count). The summed E-state index contributed by atoms with van der Waals surface area (Å²) in [6.07, 6.45) is 7.78. The second kappa shape index (κ2) is 11.6. The van der Waals surface area contributed by atoms with Crippen molar-refractivity contribution in [3.05, 3.63) is 85.0 Å². The van der Waals surface area contributed by atoms with Crippen molar-refractivity contribution >= 4 is 47.6 Å². The van der Waals surface area contributed by atoms with E-state index in [1.165, 1.54) is 0 Å². The second-order valence-electron chi connectivity index (χ2n) is 11.5. The number of allylic oxidation sites excluding steroid dienone is 5. The summed E-state index contributed by atoms with van der Waals surface area (Å²) in [6.45, 7) is 13.6. The molecule has 0 saturated heterocycles. The molecule has 8 bridgehead atoms. The van der Waals surface area contributed by atoms with E-state index in [-0.39, 0.29) is 29.7 Å². The zero-order valence-corrected chi connectivity index (χ0v) is 25.5. The number of hydrogen-bond donors (Lipinski definition) is 5. The highest BCUT2D eigenvalue weighted by Gasteiger charge is 2.39. The van der Waals surface area contributed by atoms with Crippen molar-refractivity contribution in [1.82, 2.24) is 10.3 Å². The van der Waals surface area contributed by atoms with Gasteiger partial charge in [0.15, 0.2) is 0 Å². The van der Waals surface area contributed by atoms with Crippen LogP contribution in [0.25, 0.3) is 18.2 Å². The quantitative estimate of drug-likeness (QED) is 0.304. The van der Waals surface area contributed by atoms with E-state index < -0.39 is 36.3 Å². The fourth-order valence-electron chi connectivity index (χ4n) is 6.60. The molecule has 0 spiro atoms. The van der Waals surface area contributed by atoms with Crippen molar-refractivity contribution in [2.45, 2.75) is 66.3 Å². The minimum atomic E-state index is -1.22. The molecule has 2 atom stereocenters. The zero-order chi connectivity index (χ0) is 32.0. The van der Waals surface area contributed by atoms with Crippen LogP contribution in [0.15, 0.2) is 73.2 Å². The largest absolute Gasteiger partial charge is 0.481 e. The Morgan fingerprint density at radius 3 is 2.27 bits per heavy atom. The van der Waals surface area contributed by atoms with Gasteiger partial charge in [0.1, 0.15) is 0 Å². The van der Waals surface area contributed by atoms with Crippen LogP contribution in [0.5, 0.6) is 0 Å². The predicted molar refractivity (Wildman–Crippen MR) is 169 cm³/mol. The normalized spacial score (nSPS) is 21.1. The molecule has 5 N–H and O–H groups in total. The molecule has 0 aliphatic carbocycles. The highest BCUT2D eigenvalue weighted by Crippen LogP contribution is 2.40. The lowest BCUT2D eigenvalue weighted by atomic mass is 9.83. The summed E-state index contributed by atoms with van der Waals surface area (Å²) in [7, 11) is 0. The molecule has 0 fully saturated rings. The lowest BCUT2D eigenvalue weighted by Crippen LogP contribution is -2.33. The van der Waals surface area contributed by atoms with E-state index in [2.05, 4.69) is 16.9 Å². The number of aliphatic carboxylic acids is 3. The number of nitrogens with one attached hydrogen (secondary N) is 2. The Labute approximate surface area is 254 Å². The highest BCUT2D eigenvalue weighted by molar-refractivity contribution is 6.24. The first-order valence-electron chi connectivity index (χ1n) is 14.6. The fourth-order valence-corrected chi connectivity index (χ4v) is 6.60. The second-order valence-corrected chi connectivity index (χ2v) is 11.5. The van der Waals surface area contributed by atoms with Crippen LogP contribution in [0.2, 0.25) is 0 Å². The average molecular weight is 597 g/mol. The van der Waals surface area contributed by atoms with Crippen LogP contribution in [0.4, 0.5) is 0 Å². The molecule has 10 heteroatoms. The maximum Gasteiger partial charge on any atom is 0.338 e. The van der Waals surface area contributed by atoms with E-state index in [1.54, 1.807) is 19.1 Å². The monoisotopic (exact) mass is 596 g/mol. The number of H-pyrrole nitrogens is 1. The van der Waals surface area contributed by atoms with E-state index in [9.17, 15) is 29.7 Å². The first kappa shape index (κ1) is 30.5. The molecule has 1 aromatic rings. The lowest BCUT2D eigenvalue weighted by Gasteiger charge is -2.25. The van der Waals surface area contributed by atoms with E-state index in [4.69, 9.17) is 9.98 Å². The molecule has 10 nitrogen and oxygen atoms in total. The van der Waals surface area contributed by atoms with Gasteiger partial charge in [0.05, 0.1) is 40.9 Å². The van der Waals surface area contributed by atoms with Gasteiger partial charge in [-0.3, -0.25) is 9.59 Å². The highest BCUT2D eigenvalue weighted by atomic mass is 16.4. The van der Waals surface area contributed by atoms with Crippen LogP contribution < -0.4 is 16.0 Å². The van der Waals surface area contributed by atoms with Crippen LogP contribution in [-0.4, -0.2) is 55.7 Å². The summed E-state index contributed by atoms with van der Waals surface area (Å²) < 4.78 is 0. The van der Waals surface area contributed by atoms with Gasteiger partial charge in [0, 0.05) is 34.3 Å². The first-order valence-corrected chi connectivity index (χ1v) is 14.6. The molecule has 4 aliphatic heterocycles. The van der Waals surface area contributed by atoms with Crippen molar-refractivity contribution in [1.29, 1.82) is 0 Å². The number of carbonyl (C=O) groups is 3. The Morgan fingerprint density at radius 1 is 0.955 bits per heavy atom. The van der Waals surface area contributed by atoms with Crippen molar-refractivity contribution < 1.29 is 29.7 Å². The molecule has 5 heterocycles. The third kappa shape index (κ3) is 5.21. The molecule has 1 aromatic heterocycles. The number of fused-ring (bicyclic) bond motifs is 6. The Bertz CT molecular complexity index is 1890. The van der Waals surface area contributed by atoms with E-state index >= 15 is 0 Å². The van der Waals surface area contributed by atoms with Gasteiger partial charge in [-0.25, -0.2) is 14.8 Å². The minimum absolute atomic E-state index is 0.0705. The van der Waals surface area contributed by atoms with Gasteiger partial charge in [-0.2, -0.15) is 0 Å². The molecule has 0 amide bonds. The van der Waals surface area contributed by atoms with Crippen LogP contribution in [0, 0.1) is 12.8 Å². The van der Waals surface area contributed by atoms with Crippen molar-refractivity contribution in [3.63, 3.8) is 0 Å². The predicted octanol–water partition coefficient (Wildman–Crippen LogP) is 3.92. The molecule has 0 aromatic carbocycles. The topological polar surface area (TPSA) is 164 Å². The Hall–Kier alpha value is -4.99. The molecule has 0 saturated carbocycles. The summed E-state index contributed by atoms with van der Waals surface area (Å²) in [5.74, 6) is -3.75. The summed E-state index contributed by atoms with van der Waals surface area (Å²) in [5.41, 5.74) is 7.96. The third-order valence-electron chi connectivity index (χ3n) is 8.98. The maximum atomic E-state index is 12.7. The molecule has 44 heavy (non-hydrogen) atoms. The fraction of sp³-hybridized carbons (Fsp3) is 0.324. The van der Waals surface area contributed by atoms with Crippen LogP contribution in [0.1, 0.15) is 64.5 Å². The summed E-state index contributed by atoms with van der Waals surface area (Å²) in [5, 5.41) is 35.0. The first-order chi connectivity index (χ1) is 20.9. The molecule has 4 aliphatic rings. The Balaban J connectivity index is 1.89. The van der Waals surface area contributed by atoms with Crippen molar-refractivity contribution in [2.75, 3.05) is 0 Å². The van der Waals surface area contributed by atoms with Crippen LogP contribution in [0.3, 0.4) is 0 Å². The molecule has 2 unspecified atom stereocenters. The molecule has 228 valence electrons. The van der Waals surface area contributed by atoms with E-state index in [0.29, 0.717) is 29.1 Å². The smallest absolute Gasteiger partial charge is 0.338 e. The van der Waals surface area contributed by atoms with E-state index in [1.807, 2.05) is 39.8 Å². The van der Waals surface area contributed by atoms with Gasteiger partial charge in [-0.15, -0.1) is 0 Å². The summed E-state index contributed by atoms with van der Waals surface area (Å²) in [4.78, 5) is 49.8. The van der Waals surface area contributed by atoms with Gasteiger partial charge in [0.25, 0.3) is 0 Å². The number of carboxylic acids is 3. The molecule has 0 radical (unpaired) electrons. The number of nitrogens with zero attached hydrogens (tertiary/aromatic N) is 2. The van der Waals surface area contributed by atoms with Crippen molar-refractivity contribution in [3.8, 4) is 0 Å². The maximum absolute atomic E-state index is 12.7. The average Bonchev–Trinajstić information content (AvgIpc) is 3.63. The summed E-state index contributed by atoms with van der Waals surface area (Å²) >= 11 is 0. The van der Waals surface area contributed by atoms with Crippen molar-refractivity contribution in [2.24, 2.45) is 15.9 Å². The number of hydrogen-bond acceptors (Lipinski definition) is 6. The number of aliphatic imine (C=N–C) groups is 2. The zero-order valence-electron chi connectivity index (χ0n) is 25.5. The Kier molecular flexibility index (Phi) is 8.03. The number of aromatic nitrogens is 1. The van der Waals surface area contributed by atoms with Gasteiger partial charge < -0.3 is 25.6 Å². The van der Waals surface area contributed by atoms with Crippen LogP contribution in [-0.2, 0) is 14.4 Å². The van der Waals surface area contributed by atoms with Gasteiger partial charge in [0.2, 0.25) is 0 Å². The standard InChI is InChI=1S/C34H36N4O6/c1-7-19-15(3)23-12-25-17(5)21(9-10-29(39)40)32(37-25)22(11-30(41)42)33-31(34(43)44)18(6)26(38-33)14-28-20(8-2)16(4)24(36-28)13-27(19)35-23/h7,12-14,21,32,35,37H,1,8-11H2,2-6H3,(H,39,40)(H,41,42)(H,43,44). The number of carboxylic acid groups (broad SMARTS) is 3. The van der Waals surface area contributed by atoms with Crippen LogP contribution >= 0.6 is 0 Å². The Morgan fingerprint density at radius 2 is 1.66 bits per heavy atom. The number of rotatable bonds is 8. The van der Waals surface area contributed by atoms with Gasteiger partial charge in [-0.1, -0.05) is 19.6 Å². The molecular weight excluding hydrogens is 560 g/mol. The van der Waals surface area contributed by atoms with Gasteiger partial charge >= 0.3 is 17.9 Å². The molecular formula is C34H36N4O6. The third-order valence-corrected chi connectivity index (χ3v) is 8.98. The SMILES string of the molecule is C=Cc1c(C)c2[nH]c1=CC1=NC(=CC3=NC(=C(CC(=O)O)C4NC(=C(C)C4CCC(=O)O)C=2)C(C(=O)O)=C3C)C(CC)=C1C. The lowest BCUT2D eigenvalue weighted by molar-refractivity contribution is -0.138.